The second-order valence-corrected chi connectivity index (χ2v) is 6.26. The van der Waals surface area contributed by atoms with Gasteiger partial charge in [0.2, 0.25) is 0 Å². The number of ether oxygens (including phenoxy) is 3. The van der Waals surface area contributed by atoms with E-state index in [9.17, 15) is 4.79 Å². The monoisotopic (exact) mass is 340 g/mol. The van der Waals surface area contributed by atoms with Gasteiger partial charge in [-0.1, -0.05) is 67.6 Å². The van der Waals surface area contributed by atoms with Gasteiger partial charge in [-0.05, 0) is 17.5 Å². The molecule has 0 spiro atoms. The van der Waals surface area contributed by atoms with Gasteiger partial charge in [0.25, 0.3) is 0 Å². The van der Waals surface area contributed by atoms with Crippen LogP contribution in [0, 0.1) is 0 Å². The SMILES string of the molecule is CCC1C[C@H](OCc2ccccc2)[C@@H](OCc2ccccc2)C(=O)O1. The van der Waals surface area contributed by atoms with Gasteiger partial charge in [0.15, 0.2) is 6.10 Å². The van der Waals surface area contributed by atoms with Crippen molar-refractivity contribution in [3.8, 4) is 0 Å². The molecule has 0 N–H and O–H groups in total. The van der Waals surface area contributed by atoms with Crippen molar-refractivity contribution in [1.82, 2.24) is 0 Å². The highest BCUT2D eigenvalue weighted by Gasteiger charge is 2.39. The fraction of sp³-hybridized carbons (Fsp3) is 0.381. The fourth-order valence-corrected chi connectivity index (χ4v) is 2.93. The van der Waals surface area contributed by atoms with Gasteiger partial charge in [-0.2, -0.15) is 0 Å². The average molecular weight is 340 g/mol. The van der Waals surface area contributed by atoms with Crippen LogP contribution in [0.2, 0.25) is 0 Å². The number of rotatable bonds is 7. The van der Waals surface area contributed by atoms with Gasteiger partial charge in [0.05, 0.1) is 19.3 Å². The predicted octanol–water partition coefficient (Wildman–Crippen LogP) is 3.88. The number of benzene rings is 2. The largest absolute Gasteiger partial charge is 0.460 e. The molecule has 2 aromatic carbocycles. The second kappa shape index (κ2) is 8.79. The summed E-state index contributed by atoms with van der Waals surface area (Å²) in [5, 5.41) is 0. The zero-order valence-corrected chi connectivity index (χ0v) is 14.5. The summed E-state index contributed by atoms with van der Waals surface area (Å²) in [7, 11) is 0. The Labute approximate surface area is 148 Å². The summed E-state index contributed by atoms with van der Waals surface area (Å²) in [6, 6.07) is 19.8. The van der Waals surface area contributed by atoms with Gasteiger partial charge in [-0.15, -0.1) is 0 Å². The molecule has 0 amide bonds. The van der Waals surface area contributed by atoms with Crippen LogP contribution in [0.5, 0.6) is 0 Å². The maximum absolute atomic E-state index is 12.4. The summed E-state index contributed by atoms with van der Waals surface area (Å²) < 4.78 is 17.4. The molecule has 1 unspecified atom stereocenters. The number of esters is 1. The van der Waals surface area contributed by atoms with E-state index in [0.29, 0.717) is 19.6 Å². The summed E-state index contributed by atoms with van der Waals surface area (Å²) in [4.78, 5) is 12.4. The van der Waals surface area contributed by atoms with Crippen molar-refractivity contribution in [2.75, 3.05) is 0 Å². The van der Waals surface area contributed by atoms with E-state index in [0.717, 1.165) is 17.5 Å². The van der Waals surface area contributed by atoms with Crippen molar-refractivity contribution in [2.45, 2.75) is 51.3 Å². The van der Waals surface area contributed by atoms with Crippen LogP contribution in [-0.2, 0) is 32.2 Å². The van der Waals surface area contributed by atoms with E-state index in [1.807, 2.05) is 67.6 Å². The highest BCUT2D eigenvalue weighted by atomic mass is 16.6. The Bertz CT molecular complexity index is 656. The van der Waals surface area contributed by atoms with Gasteiger partial charge in [-0.25, -0.2) is 4.79 Å². The lowest BCUT2D eigenvalue weighted by Gasteiger charge is -2.34. The zero-order valence-electron chi connectivity index (χ0n) is 14.5. The molecule has 0 aliphatic carbocycles. The van der Waals surface area contributed by atoms with E-state index in [2.05, 4.69) is 0 Å². The first kappa shape index (κ1) is 17.6. The first-order valence-electron chi connectivity index (χ1n) is 8.78. The predicted molar refractivity (Wildman–Crippen MR) is 94.8 cm³/mol. The molecule has 0 saturated carbocycles. The minimum absolute atomic E-state index is 0.107. The van der Waals surface area contributed by atoms with E-state index in [1.54, 1.807) is 0 Å². The summed E-state index contributed by atoms with van der Waals surface area (Å²) in [5.41, 5.74) is 2.10. The average Bonchev–Trinajstić information content (AvgIpc) is 2.67. The molecule has 132 valence electrons. The van der Waals surface area contributed by atoms with Crippen LogP contribution >= 0.6 is 0 Å². The first-order valence-corrected chi connectivity index (χ1v) is 8.78. The van der Waals surface area contributed by atoms with Gasteiger partial charge in [-0.3, -0.25) is 0 Å². The van der Waals surface area contributed by atoms with Crippen LogP contribution < -0.4 is 0 Å². The topological polar surface area (TPSA) is 44.8 Å². The second-order valence-electron chi connectivity index (χ2n) is 6.26. The number of cyclic esters (lactones) is 1. The van der Waals surface area contributed by atoms with Crippen molar-refractivity contribution >= 4 is 5.97 Å². The molecule has 25 heavy (non-hydrogen) atoms. The van der Waals surface area contributed by atoms with E-state index in [4.69, 9.17) is 14.2 Å². The van der Waals surface area contributed by atoms with E-state index < -0.39 is 6.10 Å². The lowest BCUT2D eigenvalue weighted by Crippen LogP contribution is -2.47. The molecule has 1 heterocycles. The molecule has 1 saturated heterocycles. The fourth-order valence-electron chi connectivity index (χ4n) is 2.93. The lowest BCUT2D eigenvalue weighted by molar-refractivity contribution is -0.195. The van der Waals surface area contributed by atoms with Gasteiger partial charge < -0.3 is 14.2 Å². The minimum Gasteiger partial charge on any atom is -0.460 e. The molecule has 4 nitrogen and oxygen atoms in total. The van der Waals surface area contributed by atoms with Crippen molar-refractivity contribution in [3.63, 3.8) is 0 Å². The highest BCUT2D eigenvalue weighted by molar-refractivity contribution is 5.76. The number of hydrogen-bond donors (Lipinski definition) is 0. The van der Waals surface area contributed by atoms with Crippen LogP contribution in [0.3, 0.4) is 0 Å². The molecule has 0 aromatic heterocycles. The smallest absolute Gasteiger partial charge is 0.338 e. The summed E-state index contributed by atoms with van der Waals surface area (Å²) >= 11 is 0. The number of carbonyl (C=O) groups is 1. The molecule has 3 atom stereocenters. The maximum Gasteiger partial charge on any atom is 0.338 e. The van der Waals surface area contributed by atoms with Crippen molar-refractivity contribution in [1.29, 1.82) is 0 Å². The highest BCUT2D eigenvalue weighted by Crippen LogP contribution is 2.25. The lowest BCUT2D eigenvalue weighted by atomic mass is 10.0. The number of carbonyl (C=O) groups excluding carboxylic acids is 1. The third kappa shape index (κ3) is 4.91. The number of hydrogen-bond acceptors (Lipinski definition) is 4. The normalized spacial score (nSPS) is 23.2. The summed E-state index contributed by atoms with van der Waals surface area (Å²) in [6.45, 7) is 2.83. The molecule has 0 radical (unpaired) electrons. The standard InChI is InChI=1S/C21H24O4/c1-2-18-13-19(23-14-16-9-5-3-6-10-16)20(21(22)25-18)24-15-17-11-7-4-8-12-17/h3-12,18-20H,2,13-15H2,1H3/t18?,19-,20+/m0/s1. The van der Waals surface area contributed by atoms with Crippen LogP contribution in [0.15, 0.2) is 60.7 Å². The quantitative estimate of drug-likeness (QED) is 0.718. The van der Waals surface area contributed by atoms with Gasteiger partial charge in [0, 0.05) is 6.42 Å². The molecule has 0 bridgehead atoms. The van der Waals surface area contributed by atoms with Gasteiger partial charge in [0.1, 0.15) is 6.10 Å². The van der Waals surface area contributed by atoms with Crippen LogP contribution in [0.1, 0.15) is 30.9 Å². The third-order valence-electron chi connectivity index (χ3n) is 4.38. The molecule has 4 heteroatoms. The Balaban J connectivity index is 1.64. The molecule has 1 aliphatic rings. The Morgan fingerprint density at radius 2 is 1.48 bits per heavy atom. The molecule has 2 aromatic rings. The maximum atomic E-state index is 12.4. The summed E-state index contributed by atoms with van der Waals surface area (Å²) in [5.74, 6) is -0.327. The Morgan fingerprint density at radius 1 is 0.920 bits per heavy atom. The van der Waals surface area contributed by atoms with Crippen molar-refractivity contribution in [2.24, 2.45) is 0 Å². The molecule has 3 rings (SSSR count). The molecular formula is C21H24O4. The van der Waals surface area contributed by atoms with Crippen molar-refractivity contribution < 1.29 is 19.0 Å². The Kier molecular flexibility index (Phi) is 6.20. The van der Waals surface area contributed by atoms with Crippen molar-refractivity contribution in [3.05, 3.63) is 71.8 Å². The molecule has 1 fully saturated rings. The Morgan fingerprint density at radius 3 is 2.04 bits per heavy atom. The molecular weight excluding hydrogens is 316 g/mol. The third-order valence-corrected chi connectivity index (χ3v) is 4.38. The molecule has 1 aliphatic heterocycles. The van der Waals surface area contributed by atoms with E-state index in [-0.39, 0.29) is 18.2 Å². The summed E-state index contributed by atoms with van der Waals surface area (Å²) in [6.07, 6.45) is 0.350. The zero-order chi connectivity index (χ0) is 17.5. The Hall–Kier alpha value is -2.17. The van der Waals surface area contributed by atoms with Crippen LogP contribution in [-0.4, -0.2) is 24.3 Å². The van der Waals surface area contributed by atoms with E-state index in [1.165, 1.54) is 0 Å². The first-order chi connectivity index (χ1) is 12.3. The van der Waals surface area contributed by atoms with Crippen LogP contribution in [0.25, 0.3) is 0 Å². The van der Waals surface area contributed by atoms with Crippen LogP contribution in [0.4, 0.5) is 0 Å². The minimum atomic E-state index is -0.688. The van der Waals surface area contributed by atoms with Gasteiger partial charge >= 0.3 is 5.97 Å². The van der Waals surface area contributed by atoms with E-state index >= 15 is 0 Å².